The lowest BCUT2D eigenvalue weighted by atomic mass is 10.0. The first kappa shape index (κ1) is 10.6. The molecule has 0 spiro atoms. The van der Waals surface area contributed by atoms with Crippen LogP contribution in [0.3, 0.4) is 0 Å². The SMILES string of the molecule is CCc1ccc(OC)c(CC(=N)N)c1. The Kier molecular flexibility index (Phi) is 3.51. The summed E-state index contributed by atoms with van der Waals surface area (Å²) in [6.45, 7) is 2.10. The Hall–Kier alpha value is -1.51. The Morgan fingerprint density at radius 2 is 2.21 bits per heavy atom. The van der Waals surface area contributed by atoms with Gasteiger partial charge in [-0.1, -0.05) is 19.1 Å². The molecule has 1 aromatic rings. The van der Waals surface area contributed by atoms with Crippen LogP contribution in [0.5, 0.6) is 5.75 Å². The summed E-state index contributed by atoms with van der Waals surface area (Å²) in [5.41, 5.74) is 7.59. The largest absolute Gasteiger partial charge is 0.496 e. The van der Waals surface area contributed by atoms with Crippen molar-refractivity contribution in [2.45, 2.75) is 19.8 Å². The molecule has 0 aromatic heterocycles. The summed E-state index contributed by atoms with van der Waals surface area (Å²) in [5.74, 6) is 0.967. The molecule has 0 aliphatic heterocycles. The predicted molar refractivity (Wildman–Crippen MR) is 58.0 cm³/mol. The molecule has 14 heavy (non-hydrogen) atoms. The number of nitrogens with one attached hydrogen (secondary N) is 1. The third-order valence-electron chi connectivity index (χ3n) is 2.13. The Balaban J connectivity index is 3.01. The molecule has 0 bridgehead atoms. The molecule has 0 saturated heterocycles. The van der Waals surface area contributed by atoms with Gasteiger partial charge in [-0.3, -0.25) is 5.41 Å². The Labute approximate surface area is 84.4 Å². The summed E-state index contributed by atoms with van der Waals surface area (Å²) < 4.78 is 5.19. The quantitative estimate of drug-likeness (QED) is 0.564. The van der Waals surface area contributed by atoms with E-state index in [1.807, 2.05) is 18.2 Å². The molecule has 1 rings (SSSR count). The fourth-order valence-corrected chi connectivity index (χ4v) is 1.40. The lowest BCUT2D eigenvalue weighted by molar-refractivity contribution is 0.411. The van der Waals surface area contributed by atoms with E-state index in [2.05, 4.69) is 6.92 Å². The number of aryl methyl sites for hydroxylation is 1. The maximum atomic E-state index is 7.25. The van der Waals surface area contributed by atoms with Crippen LogP contribution in [0.2, 0.25) is 0 Å². The monoisotopic (exact) mass is 192 g/mol. The van der Waals surface area contributed by atoms with Crippen LogP contribution in [0, 0.1) is 5.41 Å². The summed E-state index contributed by atoms with van der Waals surface area (Å²) in [6, 6.07) is 6.00. The second-order valence-corrected chi connectivity index (χ2v) is 3.20. The predicted octanol–water partition coefficient (Wildman–Crippen LogP) is 1.74. The molecule has 0 amide bonds. The van der Waals surface area contributed by atoms with Crippen molar-refractivity contribution in [3.63, 3.8) is 0 Å². The molecule has 0 atom stereocenters. The maximum absolute atomic E-state index is 7.25. The minimum atomic E-state index is 0.163. The Morgan fingerprint density at radius 3 is 2.71 bits per heavy atom. The van der Waals surface area contributed by atoms with Crippen molar-refractivity contribution < 1.29 is 4.74 Å². The summed E-state index contributed by atoms with van der Waals surface area (Å²) in [5, 5.41) is 7.25. The van der Waals surface area contributed by atoms with Gasteiger partial charge in [0.25, 0.3) is 0 Å². The number of ether oxygens (including phenoxy) is 1. The molecule has 1 aromatic carbocycles. The van der Waals surface area contributed by atoms with Gasteiger partial charge < -0.3 is 10.5 Å². The van der Waals surface area contributed by atoms with Crippen LogP contribution in [0.25, 0.3) is 0 Å². The molecule has 0 unspecified atom stereocenters. The molecule has 3 heteroatoms. The fourth-order valence-electron chi connectivity index (χ4n) is 1.40. The summed E-state index contributed by atoms with van der Waals surface area (Å²) in [7, 11) is 1.63. The van der Waals surface area contributed by atoms with Crippen LogP contribution in [0.15, 0.2) is 18.2 Å². The van der Waals surface area contributed by atoms with Crippen LogP contribution in [0.4, 0.5) is 0 Å². The van der Waals surface area contributed by atoms with E-state index in [0.29, 0.717) is 6.42 Å². The smallest absolute Gasteiger partial charge is 0.122 e. The number of nitrogens with two attached hydrogens (primary N) is 1. The first-order chi connectivity index (χ1) is 6.67. The summed E-state index contributed by atoms with van der Waals surface area (Å²) in [4.78, 5) is 0. The van der Waals surface area contributed by atoms with Crippen molar-refractivity contribution in [3.8, 4) is 5.75 Å². The normalized spacial score (nSPS) is 9.86. The van der Waals surface area contributed by atoms with Gasteiger partial charge in [0.15, 0.2) is 0 Å². The zero-order valence-electron chi connectivity index (χ0n) is 8.63. The zero-order valence-corrected chi connectivity index (χ0v) is 8.63. The number of methoxy groups -OCH3 is 1. The minimum Gasteiger partial charge on any atom is -0.496 e. The third-order valence-corrected chi connectivity index (χ3v) is 2.13. The van der Waals surface area contributed by atoms with Crippen molar-refractivity contribution in [2.24, 2.45) is 5.73 Å². The number of benzene rings is 1. The molecule has 3 N–H and O–H groups in total. The van der Waals surface area contributed by atoms with Gasteiger partial charge in [0.2, 0.25) is 0 Å². The van der Waals surface area contributed by atoms with Crippen LogP contribution in [0.1, 0.15) is 18.1 Å². The topological polar surface area (TPSA) is 59.1 Å². The van der Waals surface area contributed by atoms with Crippen molar-refractivity contribution >= 4 is 5.84 Å². The van der Waals surface area contributed by atoms with E-state index in [4.69, 9.17) is 15.9 Å². The molecule has 0 aliphatic rings. The average Bonchev–Trinajstić information content (AvgIpc) is 2.16. The number of rotatable bonds is 4. The van der Waals surface area contributed by atoms with Crippen LogP contribution in [-0.4, -0.2) is 12.9 Å². The molecule has 76 valence electrons. The van der Waals surface area contributed by atoms with Gasteiger partial charge in [-0.2, -0.15) is 0 Å². The van der Waals surface area contributed by atoms with Crippen molar-refractivity contribution in [1.82, 2.24) is 0 Å². The van der Waals surface area contributed by atoms with E-state index in [9.17, 15) is 0 Å². The van der Waals surface area contributed by atoms with Gasteiger partial charge in [-0.25, -0.2) is 0 Å². The molecular formula is C11H16N2O. The van der Waals surface area contributed by atoms with Crippen LogP contribution in [-0.2, 0) is 12.8 Å². The molecule has 0 fully saturated rings. The van der Waals surface area contributed by atoms with E-state index in [-0.39, 0.29) is 5.84 Å². The standard InChI is InChI=1S/C11H16N2O/c1-3-8-4-5-10(14-2)9(6-8)7-11(12)13/h4-6H,3,7H2,1-2H3,(H3,12,13). The minimum absolute atomic E-state index is 0.163. The van der Waals surface area contributed by atoms with Gasteiger partial charge in [0.1, 0.15) is 5.75 Å². The van der Waals surface area contributed by atoms with E-state index in [1.165, 1.54) is 5.56 Å². The van der Waals surface area contributed by atoms with Gasteiger partial charge in [-0.05, 0) is 18.1 Å². The molecule has 0 aliphatic carbocycles. The Morgan fingerprint density at radius 1 is 1.50 bits per heavy atom. The maximum Gasteiger partial charge on any atom is 0.122 e. The van der Waals surface area contributed by atoms with E-state index in [0.717, 1.165) is 17.7 Å². The van der Waals surface area contributed by atoms with E-state index in [1.54, 1.807) is 7.11 Å². The highest BCUT2D eigenvalue weighted by molar-refractivity contribution is 5.80. The van der Waals surface area contributed by atoms with E-state index >= 15 is 0 Å². The average molecular weight is 192 g/mol. The number of amidine groups is 1. The summed E-state index contributed by atoms with van der Waals surface area (Å²) >= 11 is 0. The van der Waals surface area contributed by atoms with Gasteiger partial charge in [-0.15, -0.1) is 0 Å². The van der Waals surface area contributed by atoms with Crippen molar-refractivity contribution in [3.05, 3.63) is 29.3 Å². The third kappa shape index (κ3) is 2.49. The Bertz CT molecular complexity index is 334. The first-order valence-electron chi connectivity index (χ1n) is 4.66. The first-order valence-corrected chi connectivity index (χ1v) is 4.66. The van der Waals surface area contributed by atoms with Crippen LogP contribution < -0.4 is 10.5 Å². The zero-order chi connectivity index (χ0) is 10.6. The second-order valence-electron chi connectivity index (χ2n) is 3.20. The lowest BCUT2D eigenvalue weighted by Crippen LogP contribution is -2.13. The molecule has 0 radical (unpaired) electrons. The highest BCUT2D eigenvalue weighted by Gasteiger charge is 2.04. The summed E-state index contributed by atoms with van der Waals surface area (Å²) in [6.07, 6.45) is 1.44. The number of hydrogen-bond donors (Lipinski definition) is 2. The lowest BCUT2D eigenvalue weighted by Gasteiger charge is -2.09. The van der Waals surface area contributed by atoms with Crippen molar-refractivity contribution in [2.75, 3.05) is 7.11 Å². The van der Waals surface area contributed by atoms with Crippen molar-refractivity contribution in [1.29, 1.82) is 5.41 Å². The highest BCUT2D eigenvalue weighted by atomic mass is 16.5. The molecule has 0 heterocycles. The highest BCUT2D eigenvalue weighted by Crippen LogP contribution is 2.20. The second kappa shape index (κ2) is 4.65. The van der Waals surface area contributed by atoms with Gasteiger partial charge in [0, 0.05) is 12.0 Å². The molecule has 3 nitrogen and oxygen atoms in total. The molecule has 0 saturated carbocycles. The van der Waals surface area contributed by atoms with E-state index < -0.39 is 0 Å². The van der Waals surface area contributed by atoms with Crippen LogP contribution >= 0.6 is 0 Å². The fraction of sp³-hybridized carbons (Fsp3) is 0.364. The van der Waals surface area contributed by atoms with Gasteiger partial charge in [0.05, 0.1) is 12.9 Å². The number of hydrogen-bond acceptors (Lipinski definition) is 2. The molecular weight excluding hydrogens is 176 g/mol. The van der Waals surface area contributed by atoms with Gasteiger partial charge >= 0.3 is 0 Å².